The van der Waals surface area contributed by atoms with Crippen LogP contribution in [0.25, 0.3) is 0 Å². The van der Waals surface area contributed by atoms with Gasteiger partial charge in [0.15, 0.2) is 0 Å². The summed E-state index contributed by atoms with van der Waals surface area (Å²) in [7, 11) is 0. The van der Waals surface area contributed by atoms with Crippen LogP contribution in [0.3, 0.4) is 0 Å². The van der Waals surface area contributed by atoms with Crippen LogP contribution in [0, 0.1) is 11.8 Å². The van der Waals surface area contributed by atoms with Crippen molar-refractivity contribution in [3.05, 3.63) is 0 Å². The lowest BCUT2D eigenvalue weighted by molar-refractivity contribution is 0.0237. The highest BCUT2D eigenvalue weighted by Crippen LogP contribution is 2.30. The first kappa shape index (κ1) is 6.60. The van der Waals surface area contributed by atoms with Crippen LogP contribution < -0.4 is 0 Å². The van der Waals surface area contributed by atoms with E-state index in [-0.39, 0.29) is 6.61 Å². The maximum Gasteiger partial charge on any atom is 0.125 e. The summed E-state index contributed by atoms with van der Waals surface area (Å²) in [5, 5.41) is 17.5. The van der Waals surface area contributed by atoms with Gasteiger partial charge in [0.1, 0.15) is 12.2 Å². The maximum absolute atomic E-state index is 9.26. The number of hydrogen-bond acceptors (Lipinski definition) is 2. The molecule has 0 radical (unpaired) electrons. The van der Waals surface area contributed by atoms with Crippen LogP contribution >= 0.6 is 0 Å². The molecule has 0 aliphatic heterocycles. The first-order valence-corrected chi connectivity index (χ1v) is 3.10. The van der Waals surface area contributed by atoms with Crippen molar-refractivity contribution in [2.45, 2.75) is 24.9 Å². The minimum absolute atomic E-state index is 0.150. The first-order valence-electron chi connectivity index (χ1n) is 3.10. The molecule has 1 rings (SSSR count). The van der Waals surface area contributed by atoms with Crippen LogP contribution in [-0.4, -0.2) is 22.4 Å². The summed E-state index contributed by atoms with van der Waals surface area (Å²) in [6, 6.07) is 0. The van der Waals surface area contributed by atoms with E-state index in [0.29, 0.717) is 0 Å². The van der Waals surface area contributed by atoms with E-state index in [4.69, 9.17) is 5.11 Å². The summed E-state index contributed by atoms with van der Waals surface area (Å²) >= 11 is 0. The van der Waals surface area contributed by atoms with Gasteiger partial charge in [-0.05, 0) is 19.3 Å². The van der Waals surface area contributed by atoms with Gasteiger partial charge in [-0.25, -0.2) is 0 Å². The highest BCUT2D eigenvalue weighted by molar-refractivity contribution is 5.17. The molecule has 0 heterocycles. The number of hydrogen-bond donors (Lipinski definition) is 2. The highest BCUT2D eigenvalue weighted by Gasteiger charge is 2.31. The van der Waals surface area contributed by atoms with Gasteiger partial charge in [0.25, 0.3) is 0 Å². The highest BCUT2D eigenvalue weighted by atomic mass is 16.3. The van der Waals surface area contributed by atoms with Gasteiger partial charge in [-0.15, -0.1) is 0 Å². The first-order chi connectivity index (χ1) is 4.27. The van der Waals surface area contributed by atoms with E-state index >= 15 is 0 Å². The number of rotatable bonds is 0. The van der Waals surface area contributed by atoms with Crippen LogP contribution in [0.5, 0.6) is 0 Å². The second kappa shape index (κ2) is 2.38. The molecule has 0 atom stereocenters. The summed E-state index contributed by atoms with van der Waals surface area (Å²) < 4.78 is 0. The third-order valence-electron chi connectivity index (χ3n) is 1.58. The molecular weight excluding hydrogens is 116 g/mol. The van der Waals surface area contributed by atoms with E-state index in [1.165, 1.54) is 0 Å². The van der Waals surface area contributed by atoms with Crippen LogP contribution in [0.2, 0.25) is 0 Å². The Balaban J connectivity index is 2.41. The summed E-state index contributed by atoms with van der Waals surface area (Å²) in [5.41, 5.74) is -0.747. The van der Waals surface area contributed by atoms with Crippen LogP contribution in [0.1, 0.15) is 19.3 Å². The molecule has 0 aromatic heterocycles. The van der Waals surface area contributed by atoms with E-state index in [9.17, 15) is 5.11 Å². The second-order valence-electron chi connectivity index (χ2n) is 2.35. The monoisotopic (exact) mass is 126 g/mol. The van der Waals surface area contributed by atoms with E-state index in [0.717, 1.165) is 19.3 Å². The van der Waals surface area contributed by atoms with Gasteiger partial charge >= 0.3 is 0 Å². The molecule has 2 nitrogen and oxygen atoms in total. The zero-order valence-electron chi connectivity index (χ0n) is 5.22. The third kappa shape index (κ3) is 1.44. The molecule has 0 aromatic carbocycles. The molecule has 1 fully saturated rings. The third-order valence-corrected chi connectivity index (χ3v) is 1.58. The van der Waals surface area contributed by atoms with E-state index in [1.807, 2.05) is 0 Å². The Kier molecular flexibility index (Phi) is 1.75. The SMILES string of the molecule is OCC#CC1(O)CCC1. The average molecular weight is 126 g/mol. The molecule has 0 bridgehead atoms. The average Bonchev–Trinajstić information content (AvgIpc) is 1.79. The minimum atomic E-state index is -0.747. The zero-order valence-corrected chi connectivity index (χ0v) is 5.22. The fourth-order valence-electron chi connectivity index (χ4n) is 0.841. The topological polar surface area (TPSA) is 40.5 Å². The smallest absolute Gasteiger partial charge is 0.125 e. The standard InChI is InChI=1S/C7H10O2/c8-6-2-5-7(9)3-1-4-7/h8-9H,1,3-4,6H2. The van der Waals surface area contributed by atoms with Gasteiger partial charge in [-0.2, -0.15) is 0 Å². The van der Waals surface area contributed by atoms with Gasteiger partial charge in [-0.3, -0.25) is 0 Å². The second-order valence-corrected chi connectivity index (χ2v) is 2.35. The van der Waals surface area contributed by atoms with Crippen LogP contribution in [-0.2, 0) is 0 Å². The van der Waals surface area contributed by atoms with Gasteiger partial charge < -0.3 is 10.2 Å². The minimum Gasteiger partial charge on any atom is -0.384 e. The summed E-state index contributed by atoms with van der Waals surface area (Å²) in [6.45, 7) is -0.150. The lowest BCUT2D eigenvalue weighted by Gasteiger charge is -2.30. The predicted octanol–water partition coefficient (Wildman–Crippen LogP) is -0.103. The molecule has 9 heavy (non-hydrogen) atoms. The van der Waals surface area contributed by atoms with Crippen LogP contribution in [0.4, 0.5) is 0 Å². The summed E-state index contributed by atoms with van der Waals surface area (Å²) in [4.78, 5) is 0. The van der Waals surface area contributed by atoms with Gasteiger partial charge in [0.05, 0.1) is 0 Å². The zero-order chi connectivity index (χ0) is 6.74. The Morgan fingerprint density at radius 3 is 2.44 bits per heavy atom. The molecule has 50 valence electrons. The van der Waals surface area contributed by atoms with Gasteiger partial charge in [0, 0.05) is 0 Å². The molecule has 0 saturated heterocycles. The summed E-state index contributed by atoms with van der Waals surface area (Å²) in [5.74, 6) is 5.05. The van der Waals surface area contributed by atoms with Crippen molar-refractivity contribution in [2.75, 3.05) is 6.61 Å². The number of aliphatic hydroxyl groups excluding tert-OH is 1. The molecule has 0 unspecified atom stereocenters. The largest absolute Gasteiger partial charge is 0.384 e. The predicted molar refractivity (Wildman–Crippen MR) is 33.7 cm³/mol. The molecule has 0 aromatic rings. The molecule has 2 N–H and O–H groups in total. The van der Waals surface area contributed by atoms with Crippen molar-refractivity contribution in [1.29, 1.82) is 0 Å². The van der Waals surface area contributed by atoms with Crippen molar-refractivity contribution in [3.8, 4) is 11.8 Å². The van der Waals surface area contributed by atoms with E-state index in [2.05, 4.69) is 11.8 Å². The molecule has 2 heteroatoms. The lowest BCUT2D eigenvalue weighted by atomic mass is 9.81. The van der Waals surface area contributed by atoms with E-state index < -0.39 is 5.60 Å². The molecule has 0 spiro atoms. The van der Waals surface area contributed by atoms with Crippen molar-refractivity contribution in [3.63, 3.8) is 0 Å². The lowest BCUT2D eigenvalue weighted by Crippen LogP contribution is -2.34. The Morgan fingerprint density at radius 1 is 1.44 bits per heavy atom. The Morgan fingerprint density at radius 2 is 2.11 bits per heavy atom. The van der Waals surface area contributed by atoms with Crippen molar-refractivity contribution >= 4 is 0 Å². The molecule has 0 amide bonds. The summed E-state index contributed by atoms with van der Waals surface area (Å²) in [6.07, 6.45) is 2.58. The quantitative estimate of drug-likeness (QED) is 0.445. The molecule has 1 aliphatic carbocycles. The van der Waals surface area contributed by atoms with Crippen molar-refractivity contribution in [2.24, 2.45) is 0 Å². The normalized spacial score (nSPS) is 21.6. The number of aliphatic hydroxyl groups is 2. The molecule has 1 aliphatic rings. The van der Waals surface area contributed by atoms with Crippen molar-refractivity contribution in [1.82, 2.24) is 0 Å². The molecule has 1 saturated carbocycles. The van der Waals surface area contributed by atoms with Gasteiger partial charge in [0.2, 0.25) is 0 Å². The van der Waals surface area contributed by atoms with Gasteiger partial charge in [-0.1, -0.05) is 11.8 Å². The Labute approximate surface area is 54.5 Å². The Bertz CT molecular complexity index is 148. The van der Waals surface area contributed by atoms with E-state index in [1.54, 1.807) is 0 Å². The maximum atomic E-state index is 9.26. The Hall–Kier alpha value is -0.520. The van der Waals surface area contributed by atoms with Crippen LogP contribution in [0.15, 0.2) is 0 Å². The fraction of sp³-hybridized carbons (Fsp3) is 0.714. The molecular formula is C7H10O2. The fourth-order valence-corrected chi connectivity index (χ4v) is 0.841. The van der Waals surface area contributed by atoms with Crippen molar-refractivity contribution < 1.29 is 10.2 Å².